The van der Waals surface area contributed by atoms with E-state index in [0.717, 1.165) is 25.7 Å². The van der Waals surface area contributed by atoms with E-state index in [1.54, 1.807) is 0 Å². The van der Waals surface area contributed by atoms with Crippen molar-refractivity contribution in [3.05, 3.63) is 0 Å². The van der Waals surface area contributed by atoms with E-state index in [1.807, 2.05) is 0 Å². The van der Waals surface area contributed by atoms with E-state index in [4.69, 9.17) is 5.73 Å². The van der Waals surface area contributed by atoms with Gasteiger partial charge in [0.05, 0.1) is 0 Å². The lowest BCUT2D eigenvalue weighted by atomic mass is 10.0. The zero-order valence-corrected chi connectivity index (χ0v) is 21.9. The standard InChI is InChI=1S/C28H56N2O3/c1-2-3-4-5-6-7-8-9-10-11-12-13-14-15-16-17-18-19-20-24-27(31)30-26(28(32)33)23-21-22-25-29/h26H,2-25,29H2,1H3,(H,30,31)(H,32,33)/t26-/m0/s1. The van der Waals surface area contributed by atoms with Crippen LogP contribution in [0.3, 0.4) is 0 Å². The quantitative estimate of drug-likeness (QED) is 0.115. The first-order chi connectivity index (χ1) is 16.1. The van der Waals surface area contributed by atoms with Gasteiger partial charge in [0.25, 0.3) is 0 Å². The molecule has 0 aliphatic heterocycles. The van der Waals surface area contributed by atoms with Crippen LogP contribution in [0.15, 0.2) is 0 Å². The molecule has 1 amide bonds. The highest BCUT2D eigenvalue weighted by Crippen LogP contribution is 2.15. The number of carbonyl (C=O) groups excluding carboxylic acids is 1. The third kappa shape index (κ3) is 23.8. The highest BCUT2D eigenvalue weighted by atomic mass is 16.4. The van der Waals surface area contributed by atoms with Gasteiger partial charge in [0, 0.05) is 6.42 Å². The Morgan fingerprint density at radius 1 is 0.636 bits per heavy atom. The van der Waals surface area contributed by atoms with E-state index >= 15 is 0 Å². The van der Waals surface area contributed by atoms with Crippen LogP contribution in [0.4, 0.5) is 0 Å². The summed E-state index contributed by atoms with van der Waals surface area (Å²) in [5.74, 6) is -1.09. The fraction of sp³-hybridized carbons (Fsp3) is 0.929. The highest BCUT2D eigenvalue weighted by Gasteiger charge is 2.18. The minimum absolute atomic E-state index is 0.137. The maximum Gasteiger partial charge on any atom is 0.326 e. The lowest BCUT2D eigenvalue weighted by Gasteiger charge is -2.14. The van der Waals surface area contributed by atoms with Gasteiger partial charge in [0.2, 0.25) is 5.91 Å². The molecular weight excluding hydrogens is 412 g/mol. The minimum Gasteiger partial charge on any atom is -0.480 e. The Labute approximate surface area is 205 Å². The fourth-order valence-corrected chi connectivity index (χ4v) is 4.38. The van der Waals surface area contributed by atoms with E-state index in [-0.39, 0.29) is 5.91 Å². The molecule has 0 saturated heterocycles. The summed E-state index contributed by atoms with van der Waals surface area (Å²) in [6, 6.07) is -0.774. The number of nitrogens with one attached hydrogen (secondary N) is 1. The maximum atomic E-state index is 12.0. The highest BCUT2D eigenvalue weighted by molar-refractivity contribution is 5.83. The zero-order chi connectivity index (χ0) is 24.4. The Morgan fingerprint density at radius 2 is 1.03 bits per heavy atom. The van der Waals surface area contributed by atoms with Crippen LogP contribution < -0.4 is 11.1 Å². The summed E-state index contributed by atoms with van der Waals surface area (Å²) in [5.41, 5.74) is 5.44. The first-order valence-corrected chi connectivity index (χ1v) is 14.3. The fourth-order valence-electron chi connectivity index (χ4n) is 4.38. The van der Waals surface area contributed by atoms with Crippen molar-refractivity contribution in [3.8, 4) is 0 Å². The molecule has 0 aromatic carbocycles. The molecule has 0 saturated carbocycles. The molecule has 0 heterocycles. The number of hydrogen-bond acceptors (Lipinski definition) is 3. The van der Waals surface area contributed by atoms with Crippen molar-refractivity contribution in [1.82, 2.24) is 5.32 Å². The van der Waals surface area contributed by atoms with Gasteiger partial charge in [-0.1, -0.05) is 122 Å². The van der Waals surface area contributed by atoms with Gasteiger partial charge < -0.3 is 16.2 Å². The molecule has 0 rings (SSSR count). The van der Waals surface area contributed by atoms with Crippen LogP contribution >= 0.6 is 0 Å². The number of nitrogens with two attached hydrogens (primary N) is 1. The zero-order valence-electron chi connectivity index (χ0n) is 21.9. The van der Waals surface area contributed by atoms with Crippen molar-refractivity contribution in [1.29, 1.82) is 0 Å². The number of aliphatic carboxylic acids is 1. The predicted molar refractivity (Wildman–Crippen MR) is 140 cm³/mol. The molecule has 4 N–H and O–H groups in total. The van der Waals surface area contributed by atoms with Crippen LogP contribution in [0.2, 0.25) is 0 Å². The molecule has 0 radical (unpaired) electrons. The third-order valence-electron chi connectivity index (χ3n) is 6.59. The van der Waals surface area contributed by atoms with Crippen molar-refractivity contribution in [2.24, 2.45) is 5.73 Å². The van der Waals surface area contributed by atoms with Crippen molar-refractivity contribution < 1.29 is 14.7 Å². The largest absolute Gasteiger partial charge is 0.480 e. The molecule has 5 heteroatoms. The van der Waals surface area contributed by atoms with Crippen molar-refractivity contribution in [3.63, 3.8) is 0 Å². The summed E-state index contributed by atoms with van der Waals surface area (Å²) in [7, 11) is 0. The number of hydrogen-bond donors (Lipinski definition) is 3. The molecule has 0 aromatic heterocycles. The monoisotopic (exact) mass is 468 g/mol. The third-order valence-corrected chi connectivity index (χ3v) is 6.59. The van der Waals surface area contributed by atoms with Crippen LogP contribution in [0.5, 0.6) is 0 Å². The van der Waals surface area contributed by atoms with Crippen LogP contribution in [-0.2, 0) is 9.59 Å². The summed E-state index contributed by atoms with van der Waals surface area (Å²) in [5, 5.41) is 11.9. The van der Waals surface area contributed by atoms with Crippen LogP contribution in [0.1, 0.15) is 155 Å². The van der Waals surface area contributed by atoms with Crippen molar-refractivity contribution in [2.45, 2.75) is 161 Å². The number of unbranched alkanes of at least 4 members (excludes halogenated alkanes) is 19. The summed E-state index contributed by atoms with van der Waals surface area (Å²) in [6.07, 6.45) is 27.7. The second kappa shape index (κ2) is 25.5. The van der Waals surface area contributed by atoms with Gasteiger partial charge in [-0.05, 0) is 32.2 Å². The molecule has 0 bridgehead atoms. The van der Waals surface area contributed by atoms with E-state index < -0.39 is 12.0 Å². The molecule has 0 aliphatic carbocycles. The van der Waals surface area contributed by atoms with E-state index in [9.17, 15) is 14.7 Å². The molecule has 33 heavy (non-hydrogen) atoms. The smallest absolute Gasteiger partial charge is 0.326 e. The van der Waals surface area contributed by atoms with E-state index in [0.29, 0.717) is 19.4 Å². The minimum atomic E-state index is -0.950. The molecule has 196 valence electrons. The Hall–Kier alpha value is -1.10. The lowest BCUT2D eigenvalue weighted by molar-refractivity contribution is -0.142. The van der Waals surface area contributed by atoms with Gasteiger partial charge >= 0.3 is 5.97 Å². The van der Waals surface area contributed by atoms with Gasteiger partial charge in [0.15, 0.2) is 0 Å². The number of carbonyl (C=O) groups is 2. The van der Waals surface area contributed by atoms with Gasteiger partial charge in [-0.15, -0.1) is 0 Å². The first-order valence-electron chi connectivity index (χ1n) is 14.3. The van der Waals surface area contributed by atoms with Crippen LogP contribution in [0, 0.1) is 0 Å². The summed E-state index contributed by atoms with van der Waals surface area (Å²) in [4.78, 5) is 23.2. The Bertz CT molecular complexity index is 443. The summed E-state index contributed by atoms with van der Waals surface area (Å²) >= 11 is 0. The Kier molecular flexibility index (Phi) is 24.7. The maximum absolute atomic E-state index is 12.0. The van der Waals surface area contributed by atoms with Gasteiger partial charge in [-0.2, -0.15) is 0 Å². The number of amides is 1. The molecule has 1 atom stereocenters. The molecule has 0 aromatic rings. The van der Waals surface area contributed by atoms with Crippen molar-refractivity contribution >= 4 is 11.9 Å². The number of carboxylic acids is 1. The topological polar surface area (TPSA) is 92.4 Å². The number of rotatable bonds is 26. The average Bonchev–Trinajstić information content (AvgIpc) is 2.80. The predicted octanol–water partition coefficient (Wildman–Crippen LogP) is 7.51. The normalized spacial score (nSPS) is 12.1. The molecule has 0 aliphatic rings. The molecule has 0 unspecified atom stereocenters. The second-order valence-corrected chi connectivity index (χ2v) is 9.86. The summed E-state index contributed by atoms with van der Waals surface area (Å²) in [6.45, 7) is 2.83. The first kappa shape index (κ1) is 31.9. The number of carboxylic acid groups (broad SMARTS) is 1. The second-order valence-electron chi connectivity index (χ2n) is 9.86. The van der Waals surface area contributed by atoms with Gasteiger partial charge in [-0.3, -0.25) is 4.79 Å². The SMILES string of the molecule is CCCCCCCCCCCCCCCCCCCCCC(=O)N[C@@H](CCCCN)C(=O)O. The van der Waals surface area contributed by atoms with E-state index in [2.05, 4.69) is 12.2 Å². The van der Waals surface area contributed by atoms with Gasteiger partial charge in [0.1, 0.15) is 6.04 Å². The lowest BCUT2D eigenvalue weighted by Crippen LogP contribution is -2.40. The van der Waals surface area contributed by atoms with Crippen molar-refractivity contribution in [2.75, 3.05) is 6.54 Å². The summed E-state index contributed by atoms with van der Waals surface area (Å²) < 4.78 is 0. The average molecular weight is 469 g/mol. The van der Waals surface area contributed by atoms with Crippen LogP contribution in [-0.4, -0.2) is 29.6 Å². The molecule has 0 fully saturated rings. The molecule has 5 nitrogen and oxygen atoms in total. The molecule has 0 spiro atoms. The Morgan fingerprint density at radius 3 is 1.39 bits per heavy atom. The van der Waals surface area contributed by atoms with Gasteiger partial charge in [-0.25, -0.2) is 4.79 Å². The molecular formula is C28H56N2O3. The Balaban J connectivity index is 3.34. The van der Waals surface area contributed by atoms with E-state index in [1.165, 1.54) is 109 Å². The van der Waals surface area contributed by atoms with Crippen LogP contribution in [0.25, 0.3) is 0 Å².